The Balaban J connectivity index is 2.26. The molecule has 0 aromatic carbocycles. The molecule has 8 heteroatoms. The van der Waals surface area contributed by atoms with Crippen LogP contribution >= 0.6 is 11.8 Å². The third-order valence-corrected chi connectivity index (χ3v) is 3.11. The average molecular weight is 266 g/mol. The molecule has 1 N–H and O–H groups in total. The van der Waals surface area contributed by atoms with Crippen molar-refractivity contribution in [2.75, 3.05) is 19.5 Å². The van der Waals surface area contributed by atoms with E-state index >= 15 is 0 Å². The summed E-state index contributed by atoms with van der Waals surface area (Å²) in [4.78, 5) is 8.68. The zero-order valence-electron chi connectivity index (χ0n) is 10.4. The Morgan fingerprint density at radius 1 is 1.44 bits per heavy atom. The maximum absolute atomic E-state index is 5.05. The number of anilines is 1. The summed E-state index contributed by atoms with van der Waals surface area (Å²) in [5.41, 5.74) is 0. The third kappa shape index (κ3) is 2.96. The Morgan fingerprint density at radius 3 is 2.89 bits per heavy atom. The molecular formula is C10H14N6OS. The van der Waals surface area contributed by atoms with Crippen molar-refractivity contribution in [3.05, 3.63) is 18.2 Å². The standard InChI is InChI=1S/C10H14N6OS/c1-11-7-4-9(14-8(13-7)5-17-3)18-10-15-12-6-16(10)2/h4,6H,5H2,1-3H3,(H,11,13,14). The van der Waals surface area contributed by atoms with Gasteiger partial charge in [0.1, 0.15) is 23.8 Å². The maximum atomic E-state index is 5.05. The fourth-order valence-electron chi connectivity index (χ4n) is 1.31. The lowest BCUT2D eigenvalue weighted by Gasteiger charge is -2.06. The summed E-state index contributed by atoms with van der Waals surface area (Å²) in [5, 5.41) is 12.4. The third-order valence-electron chi connectivity index (χ3n) is 2.14. The maximum Gasteiger partial charge on any atom is 0.197 e. The highest BCUT2D eigenvalue weighted by molar-refractivity contribution is 7.99. The van der Waals surface area contributed by atoms with Crippen molar-refractivity contribution in [3.8, 4) is 0 Å². The first-order chi connectivity index (χ1) is 8.72. The van der Waals surface area contributed by atoms with E-state index in [0.717, 1.165) is 16.0 Å². The topological polar surface area (TPSA) is 77.8 Å². The van der Waals surface area contributed by atoms with Gasteiger partial charge in [-0.15, -0.1) is 10.2 Å². The molecule has 0 amide bonds. The average Bonchev–Trinajstić information content (AvgIpc) is 2.75. The normalized spacial score (nSPS) is 10.6. The van der Waals surface area contributed by atoms with E-state index in [2.05, 4.69) is 25.5 Å². The van der Waals surface area contributed by atoms with Gasteiger partial charge in [0.15, 0.2) is 11.0 Å². The molecule has 0 saturated carbocycles. The van der Waals surface area contributed by atoms with E-state index in [-0.39, 0.29) is 0 Å². The predicted octanol–water partition coefficient (Wildman–Crippen LogP) is 0.944. The van der Waals surface area contributed by atoms with E-state index < -0.39 is 0 Å². The van der Waals surface area contributed by atoms with Gasteiger partial charge in [-0.3, -0.25) is 0 Å². The molecule has 0 aliphatic heterocycles. The second kappa shape index (κ2) is 5.78. The van der Waals surface area contributed by atoms with E-state index in [9.17, 15) is 0 Å². The zero-order chi connectivity index (χ0) is 13.0. The van der Waals surface area contributed by atoms with Crippen molar-refractivity contribution in [1.82, 2.24) is 24.7 Å². The van der Waals surface area contributed by atoms with Crippen molar-refractivity contribution in [3.63, 3.8) is 0 Å². The molecule has 0 atom stereocenters. The van der Waals surface area contributed by atoms with E-state index in [0.29, 0.717) is 12.4 Å². The van der Waals surface area contributed by atoms with Gasteiger partial charge in [-0.1, -0.05) is 0 Å². The molecule has 96 valence electrons. The first kappa shape index (κ1) is 12.8. The molecule has 0 spiro atoms. The molecule has 2 aromatic rings. The monoisotopic (exact) mass is 266 g/mol. The smallest absolute Gasteiger partial charge is 0.197 e. The molecule has 0 aliphatic rings. The van der Waals surface area contributed by atoms with Crippen molar-refractivity contribution < 1.29 is 4.74 Å². The summed E-state index contributed by atoms with van der Waals surface area (Å²) >= 11 is 1.43. The fourth-order valence-corrected chi connectivity index (χ4v) is 2.09. The van der Waals surface area contributed by atoms with Crippen LogP contribution in [0.5, 0.6) is 0 Å². The number of nitrogens with zero attached hydrogens (tertiary/aromatic N) is 5. The lowest BCUT2D eigenvalue weighted by atomic mass is 10.5. The Bertz CT molecular complexity index is 529. The minimum atomic E-state index is 0.377. The predicted molar refractivity (Wildman–Crippen MR) is 67.4 cm³/mol. The second-order valence-corrected chi connectivity index (χ2v) is 4.50. The highest BCUT2D eigenvalue weighted by Crippen LogP contribution is 2.25. The molecule has 0 aliphatic carbocycles. The molecule has 0 fully saturated rings. The Morgan fingerprint density at radius 2 is 2.28 bits per heavy atom. The van der Waals surface area contributed by atoms with Crippen LogP contribution in [0.25, 0.3) is 0 Å². The van der Waals surface area contributed by atoms with Crippen LogP contribution in [-0.4, -0.2) is 38.9 Å². The van der Waals surface area contributed by atoms with Crippen LogP contribution in [0.4, 0.5) is 5.82 Å². The van der Waals surface area contributed by atoms with Crippen molar-refractivity contribution in [2.24, 2.45) is 7.05 Å². The molecule has 2 aromatic heterocycles. The van der Waals surface area contributed by atoms with Crippen molar-refractivity contribution in [1.29, 1.82) is 0 Å². The molecule has 2 heterocycles. The Labute approximate surface area is 109 Å². The number of hydrogen-bond donors (Lipinski definition) is 1. The number of ether oxygens (including phenoxy) is 1. The highest BCUT2D eigenvalue weighted by Gasteiger charge is 2.08. The molecule has 2 rings (SSSR count). The van der Waals surface area contributed by atoms with Crippen LogP contribution in [0.15, 0.2) is 22.6 Å². The Hall–Kier alpha value is -1.67. The fraction of sp³-hybridized carbons (Fsp3) is 0.400. The molecule has 0 saturated heterocycles. The lowest BCUT2D eigenvalue weighted by molar-refractivity contribution is 0.177. The van der Waals surface area contributed by atoms with Crippen molar-refractivity contribution in [2.45, 2.75) is 16.8 Å². The molecular weight excluding hydrogens is 252 g/mol. The van der Waals surface area contributed by atoms with Gasteiger partial charge in [-0.05, 0) is 11.8 Å². The first-order valence-corrected chi connectivity index (χ1v) is 6.11. The van der Waals surface area contributed by atoms with E-state index in [4.69, 9.17) is 4.74 Å². The van der Waals surface area contributed by atoms with Crippen LogP contribution in [-0.2, 0) is 18.4 Å². The van der Waals surface area contributed by atoms with Crippen LogP contribution in [0, 0.1) is 0 Å². The summed E-state index contributed by atoms with van der Waals surface area (Å²) in [6.07, 6.45) is 1.65. The van der Waals surface area contributed by atoms with E-state index in [1.807, 2.05) is 24.7 Å². The number of rotatable bonds is 5. The largest absolute Gasteiger partial charge is 0.377 e. The van der Waals surface area contributed by atoms with Gasteiger partial charge in [0.25, 0.3) is 0 Å². The van der Waals surface area contributed by atoms with Crippen LogP contribution in [0.3, 0.4) is 0 Å². The number of aryl methyl sites for hydroxylation is 1. The molecule has 7 nitrogen and oxygen atoms in total. The van der Waals surface area contributed by atoms with Gasteiger partial charge in [-0.2, -0.15) is 0 Å². The molecule has 0 radical (unpaired) electrons. The van der Waals surface area contributed by atoms with Gasteiger partial charge >= 0.3 is 0 Å². The SMILES string of the molecule is CNc1cc(Sc2nncn2C)nc(COC)n1. The first-order valence-electron chi connectivity index (χ1n) is 5.29. The van der Waals surface area contributed by atoms with Crippen LogP contribution in [0.1, 0.15) is 5.82 Å². The van der Waals surface area contributed by atoms with E-state index in [1.54, 1.807) is 13.4 Å². The minimum Gasteiger partial charge on any atom is -0.377 e. The van der Waals surface area contributed by atoms with Gasteiger partial charge in [-0.25, -0.2) is 9.97 Å². The van der Waals surface area contributed by atoms with Gasteiger partial charge in [0, 0.05) is 27.3 Å². The van der Waals surface area contributed by atoms with Crippen molar-refractivity contribution >= 4 is 17.6 Å². The summed E-state index contributed by atoms with van der Waals surface area (Å²) < 4.78 is 6.88. The Kier molecular flexibility index (Phi) is 4.11. The highest BCUT2D eigenvalue weighted by atomic mass is 32.2. The van der Waals surface area contributed by atoms with E-state index in [1.165, 1.54) is 11.8 Å². The summed E-state index contributed by atoms with van der Waals surface area (Å²) in [6.45, 7) is 0.377. The molecule has 18 heavy (non-hydrogen) atoms. The second-order valence-electron chi connectivity index (χ2n) is 3.52. The summed E-state index contributed by atoms with van der Waals surface area (Å²) in [6, 6.07) is 1.86. The zero-order valence-corrected chi connectivity index (χ0v) is 11.2. The summed E-state index contributed by atoms with van der Waals surface area (Å²) in [5.74, 6) is 1.38. The number of nitrogens with one attached hydrogen (secondary N) is 1. The van der Waals surface area contributed by atoms with Gasteiger partial charge in [0.05, 0.1) is 0 Å². The minimum absolute atomic E-state index is 0.377. The van der Waals surface area contributed by atoms with Gasteiger partial charge < -0.3 is 14.6 Å². The quantitative estimate of drug-likeness (QED) is 0.807. The molecule has 0 unspecified atom stereocenters. The summed E-state index contributed by atoms with van der Waals surface area (Å²) in [7, 11) is 5.32. The van der Waals surface area contributed by atoms with Crippen LogP contribution in [0.2, 0.25) is 0 Å². The number of methoxy groups -OCH3 is 1. The lowest BCUT2D eigenvalue weighted by Crippen LogP contribution is -2.02. The molecule has 0 bridgehead atoms. The number of aromatic nitrogens is 5. The van der Waals surface area contributed by atoms with Gasteiger partial charge in [0.2, 0.25) is 0 Å². The van der Waals surface area contributed by atoms with Crippen LogP contribution < -0.4 is 5.32 Å². The number of hydrogen-bond acceptors (Lipinski definition) is 7.